The highest BCUT2D eigenvalue weighted by Crippen LogP contribution is 2.30. The number of rotatable bonds is 2. The second-order valence-electron chi connectivity index (χ2n) is 7.36. The third kappa shape index (κ3) is 3.77. The van der Waals surface area contributed by atoms with Crippen LogP contribution in [0.25, 0.3) is 11.3 Å². The lowest BCUT2D eigenvalue weighted by atomic mass is 10.1. The van der Waals surface area contributed by atoms with E-state index in [9.17, 15) is 20.2 Å². The van der Waals surface area contributed by atoms with Crippen molar-refractivity contribution in [3.05, 3.63) is 51.7 Å². The zero-order valence-corrected chi connectivity index (χ0v) is 15.4. The molecule has 0 aliphatic carbocycles. The second kappa shape index (κ2) is 6.76. The molecule has 1 aliphatic heterocycles. The molecule has 0 fully saturated rings. The van der Waals surface area contributed by atoms with Gasteiger partial charge < -0.3 is 14.2 Å². The molecule has 2 aromatic rings. The molecule has 27 heavy (non-hydrogen) atoms. The van der Waals surface area contributed by atoms with Crippen molar-refractivity contribution >= 4 is 11.8 Å². The molecule has 0 saturated heterocycles. The Hall–Kier alpha value is -3.34. The maximum absolute atomic E-state index is 12.3. The monoisotopic (exact) mass is 368 g/mol. The van der Waals surface area contributed by atoms with E-state index < -0.39 is 16.6 Å². The van der Waals surface area contributed by atoms with Gasteiger partial charge in [0.1, 0.15) is 11.7 Å². The van der Waals surface area contributed by atoms with Gasteiger partial charge in [-0.1, -0.05) is 0 Å². The predicted molar refractivity (Wildman–Crippen MR) is 97.9 cm³/mol. The Labute approximate surface area is 156 Å². The first-order chi connectivity index (χ1) is 12.7. The van der Waals surface area contributed by atoms with Crippen molar-refractivity contribution in [2.24, 2.45) is 0 Å². The molecule has 0 bridgehead atoms. The molecular weight excluding hydrogens is 348 g/mol. The molecule has 0 atom stereocenters. The fourth-order valence-corrected chi connectivity index (χ4v) is 3.07. The molecule has 8 nitrogen and oxygen atoms in total. The van der Waals surface area contributed by atoms with Crippen LogP contribution in [-0.4, -0.2) is 32.6 Å². The maximum atomic E-state index is 12.3. The molecule has 1 aromatic carbocycles. The molecule has 0 saturated carbocycles. The molecule has 140 valence electrons. The van der Waals surface area contributed by atoms with Gasteiger partial charge in [-0.2, -0.15) is 5.26 Å². The molecule has 1 aromatic heterocycles. The number of nitro groups is 1. The third-order valence-corrected chi connectivity index (χ3v) is 4.29. The van der Waals surface area contributed by atoms with E-state index in [0.29, 0.717) is 18.7 Å². The van der Waals surface area contributed by atoms with Crippen molar-refractivity contribution in [1.82, 2.24) is 9.47 Å². The summed E-state index contributed by atoms with van der Waals surface area (Å²) in [7, 11) is 0. The first-order valence-electron chi connectivity index (χ1n) is 8.55. The Bertz CT molecular complexity index is 932. The average Bonchev–Trinajstić information content (AvgIpc) is 2.98. The smallest absolute Gasteiger partial charge is 0.410 e. The first kappa shape index (κ1) is 18.5. The number of amides is 1. The number of benzene rings is 1. The zero-order valence-electron chi connectivity index (χ0n) is 15.4. The van der Waals surface area contributed by atoms with Crippen LogP contribution in [0, 0.1) is 21.4 Å². The number of nitrogens with zero attached hydrogens (tertiary/aromatic N) is 4. The van der Waals surface area contributed by atoms with Crippen molar-refractivity contribution in [1.29, 1.82) is 5.26 Å². The van der Waals surface area contributed by atoms with Crippen LogP contribution in [-0.2, 0) is 17.8 Å². The molecule has 1 aliphatic rings. The summed E-state index contributed by atoms with van der Waals surface area (Å²) in [5.41, 5.74) is 2.24. The highest BCUT2D eigenvalue weighted by atomic mass is 16.6. The Balaban J connectivity index is 1.91. The van der Waals surface area contributed by atoms with E-state index in [1.807, 2.05) is 25.3 Å². The number of carbonyl (C=O) groups excluding carboxylic acids is 1. The Kier molecular flexibility index (Phi) is 4.62. The molecule has 0 unspecified atom stereocenters. The van der Waals surface area contributed by atoms with E-state index in [-0.39, 0.29) is 12.2 Å². The largest absolute Gasteiger partial charge is 0.444 e. The topological polar surface area (TPSA) is 101 Å². The molecule has 2 heterocycles. The fraction of sp³-hybridized carbons (Fsp3) is 0.368. The summed E-state index contributed by atoms with van der Waals surface area (Å²) in [5.74, 6) is 0. The lowest BCUT2D eigenvalue weighted by Gasteiger charge is -2.31. The minimum Gasteiger partial charge on any atom is -0.444 e. The molecule has 0 radical (unpaired) electrons. The molecule has 0 spiro atoms. The standard InChI is InChI=1S/C19H20N4O4/c1-19(2,3)27-18(24)21-8-9-22-16(10-14(11-20)17(22)12-21)13-4-6-15(7-5-13)23(25)26/h4-7,10H,8-9,12H2,1-3H3. The van der Waals surface area contributed by atoms with Crippen LogP contribution in [0.2, 0.25) is 0 Å². The summed E-state index contributed by atoms with van der Waals surface area (Å²) < 4.78 is 7.41. The van der Waals surface area contributed by atoms with Gasteiger partial charge in [-0.3, -0.25) is 10.1 Å². The number of nitro benzene ring substituents is 1. The maximum Gasteiger partial charge on any atom is 0.410 e. The average molecular weight is 368 g/mol. The molecule has 0 N–H and O–H groups in total. The van der Waals surface area contributed by atoms with E-state index in [2.05, 4.69) is 6.07 Å². The van der Waals surface area contributed by atoms with E-state index in [1.54, 1.807) is 23.1 Å². The van der Waals surface area contributed by atoms with Crippen LogP contribution < -0.4 is 0 Å². The van der Waals surface area contributed by atoms with E-state index in [0.717, 1.165) is 17.0 Å². The predicted octanol–water partition coefficient (Wildman–Crippen LogP) is 3.69. The highest BCUT2D eigenvalue weighted by Gasteiger charge is 2.29. The number of fused-ring (bicyclic) bond motifs is 1. The van der Waals surface area contributed by atoms with Crippen molar-refractivity contribution in [3.63, 3.8) is 0 Å². The summed E-state index contributed by atoms with van der Waals surface area (Å²) in [5, 5.41) is 20.3. The SMILES string of the molecule is CC(C)(C)OC(=O)N1CCn2c(-c3ccc([N+](=O)[O-])cc3)cc(C#N)c2C1. The van der Waals surface area contributed by atoms with Gasteiger partial charge in [-0.05, 0) is 44.5 Å². The molecular formula is C19H20N4O4. The molecule has 8 heteroatoms. The number of hydrogen-bond donors (Lipinski definition) is 0. The van der Waals surface area contributed by atoms with Gasteiger partial charge in [-0.25, -0.2) is 4.79 Å². The van der Waals surface area contributed by atoms with Crippen molar-refractivity contribution in [2.45, 2.75) is 39.5 Å². The Morgan fingerprint density at radius 2 is 1.93 bits per heavy atom. The van der Waals surface area contributed by atoms with Crippen LogP contribution in [0.1, 0.15) is 32.0 Å². The van der Waals surface area contributed by atoms with E-state index in [4.69, 9.17) is 4.74 Å². The van der Waals surface area contributed by atoms with Crippen molar-refractivity contribution in [2.75, 3.05) is 6.54 Å². The van der Waals surface area contributed by atoms with E-state index >= 15 is 0 Å². The minimum atomic E-state index is -0.585. The van der Waals surface area contributed by atoms with Gasteiger partial charge in [0, 0.05) is 30.9 Å². The van der Waals surface area contributed by atoms with Crippen LogP contribution in [0.4, 0.5) is 10.5 Å². The summed E-state index contributed by atoms with van der Waals surface area (Å²) in [4.78, 5) is 24.3. The number of carbonyl (C=O) groups is 1. The zero-order chi connectivity index (χ0) is 19.8. The summed E-state index contributed by atoms with van der Waals surface area (Å²) >= 11 is 0. The number of ether oxygens (including phenoxy) is 1. The van der Waals surface area contributed by atoms with Crippen LogP contribution in [0.5, 0.6) is 0 Å². The summed E-state index contributed by atoms with van der Waals surface area (Å²) in [6.07, 6.45) is -0.407. The Morgan fingerprint density at radius 3 is 2.48 bits per heavy atom. The van der Waals surface area contributed by atoms with Gasteiger partial charge >= 0.3 is 6.09 Å². The lowest BCUT2D eigenvalue weighted by molar-refractivity contribution is -0.384. The summed E-state index contributed by atoms with van der Waals surface area (Å²) in [6.45, 7) is 6.69. The summed E-state index contributed by atoms with van der Waals surface area (Å²) in [6, 6.07) is 10.2. The van der Waals surface area contributed by atoms with E-state index in [1.165, 1.54) is 12.1 Å². The van der Waals surface area contributed by atoms with Gasteiger partial charge in [0.15, 0.2) is 0 Å². The van der Waals surface area contributed by atoms with Crippen LogP contribution >= 0.6 is 0 Å². The minimum absolute atomic E-state index is 0.0146. The quantitative estimate of drug-likeness (QED) is 0.594. The van der Waals surface area contributed by atoms with Gasteiger partial charge in [0.2, 0.25) is 0 Å². The molecule has 1 amide bonds. The van der Waals surface area contributed by atoms with Crippen molar-refractivity contribution in [3.8, 4) is 17.3 Å². The number of hydrogen-bond acceptors (Lipinski definition) is 5. The van der Waals surface area contributed by atoms with Gasteiger partial charge in [0.25, 0.3) is 5.69 Å². The van der Waals surface area contributed by atoms with Crippen LogP contribution in [0.15, 0.2) is 30.3 Å². The number of nitriles is 1. The first-order valence-corrected chi connectivity index (χ1v) is 8.55. The van der Waals surface area contributed by atoms with Crippen LogP contribution in [0.3, 0.4) is 0 Å². The third-order valence-electron chi connectivity index (χ3n) is 4.29. The van der Waals surface area contributed by atoms with Gasteiger partial charge in [0.05, 0.1) is 22.7 Å². The second-order valence-corrected chi connectivity index (χ2v) is 7.36. The number of aromatic nitrogens is 1. The Morgan fingerprint density at radius 1 is 1.26 bits per heavy atom. The fourth-order valence-electron chi connectivity index (χ4n) is 3.07. The normalized spacial score (nSPS) is 13.6. The molecule has 3 rings (SSSR count). The lowest BCUT2D eigenvalue weighted by Crippen LogP contribution is -2.41. The van der Waals surface area contributed by atoms with Gasteiger partial charge in [-0.15, -0.1) is 0 Å². The highest BCUT2D eigenvalue weighted by molar-refractivity contribution is 5.70. The number of non-ortho nitro benzene ring substituents is 1. The van der Waals surface area contributed by atoms with Crippen molar-refractivity contribution < 1.29 is 14.5 Å².